The second-order valence-electron chi connectivity index (χ2n) is 6.36. The van der Waals surface area contributed by atoms with Crippen molar-refractivity contribution in [3.8, 4) is 0 Å². The average molecular weight is 383 g/mol. The Bertz CT molecular complexity index is 359. The zero-order valence-electron chi connectivity index (χ0n) is 15.9. The third-order valence-electron chi connectivity index (χ3n) is 3.97. The van der Waals surface area contributed by atoms with Crippen LogP contribution in [0.3, 0.4) is 0 Å². The second-order valence-corrected chi connectivity index (χ2v) is 7.45. The minimum Gasteiger partial charge on any atom is -0.379 e. The van der Waals surface area contributed by atoms with Crippen LogP contribution in [0, 0.1) is 0 Å². The van der Waals surface area contributed by atoms with Crippen molar-refractivity contribution in [1.82, 2.24) is 0 Å². The fourth-order valence-electron chi connectivity index (χ4n) is 2.57. The first-order valence-electron chi connectivity index (χ1n) is 9.83. The molecule has 0 fully saturated rings. The first-order valence-corrected chi connectivity index (χ1v) is 11.2. The van der Waals surface area contributed by atoms with Crippen molar-refractivity contribution >= 4 is 10.4 Å². The van der Waals surface area contributed by atoms with Gasteiger partial charge in [0.15, 0.2) is 0 Å². The van der Waals surface area contributed by atoms with Crippen LogP contribution in [0.25, 0.3) is 0 Å². The van der Waals surface area contributed by atoms with Gasteiger partial charge in [-0.25, -0.2) is 4.18 Å². The van der Waals surface area contributed by atoms with Crippen molar-refractivity contribution in [3.63, 3.8) is 0 Å². The molecular weight excluding hydrogens is 344 g/mol. The Balaban J connectivity index is 3.03. The Labute approximate surface area is 154 Å². The van der Waals surface area contributed by atoms with Crippen molar-refractivity contribution in [2.24, 2.45) is 0 Å². The van der Waals surface area contributed by atoms with Gasteiger partial charge in [-0.2, -0.15) is 8.42 Å². The molecule has 0 rings (SSSR count). The quantitative estimate of drug-likeness (QED) is 0.246. The van der Waals surface area contributed by atoms with Crippen LogP contribution >= 0.6 is 0 Å². The molecule has 0 aromatic rings. The molecule has 7 heteroatoms. The molecule has 0 aliphatic heterocycles. The molecule has 0 saturated carbocycles. The topological polar surface area (TPSA) is 82.1 Å². The summed E-state index contributed by atoms with van der Waals surface area (Å²) in [6, 6.07) is 0. The summed E-state index contributed by atoms with van der Waals surface area (Å²) in [4.78, 5) is 0. The normalized spacial score (nSPS) is 11.9. The molecule has 0 amide bonds. The molecule has 0 atom stereocenters. The summed E-state index contributed by atoms with van der Waals surface area (Å²) < 4.78 is 43.5. The molecule has 0 aromatic heterocycles. The minimum atomic E-state index is -4.36. The maximum absolute atomic E-state index is 10.3. The molecule has 0 radical (unpaired) electrons. The molecular formula is C18H38O6S. The molecule has 0 aromatic carbocycles. The fraction of sp³-hybridized carbons (Fsp3) is 1.00. The van der Waals surface area contributed by atoms with Crippen LogP contribution in [0.15, 0.2) is 0 Å². The lowest BCUT2D eigenvalue weighted by Gasteiger charge is -2.06. The highest BCUT2D eigenvalue weighted by Crippen LogP contribution is 2.11. The Morgan fingerprint density at radius 1 is 0.600 bits per heavy atom. The van der Waals surface area contributed by atoms with E-state index >= 15 is 0 Å². The predicted molar refractivity (Wildman–Crippen MR) is 100 cm³/mol. The van der Waals surface area contributed by atoms with Gasteiger partial charge in [-0.05, 0) is 6.42 Å². The molecule has 25 heavy (non-hydrogen) atoms. The molecule has 152 valence electrons. The van der Waals surface area contributed by atoms with Gasteiger partial charge < -0.3 is 9.47 Å². The van der Waals surface area contributed by atoms with Crippen LogP contribution in [0.5, 0.6) is 0 Å². The third kappa shape index (κ3) is 23.8. The molecule has 0 aliphatic carbocycles. The summed E-state index contributed by atoms with van der Waals surface area (Å²) in [5.74, 6) is 0. The van der Waals surface area contributed by atoms with Gasteiger partial charge in [0.05, 0.1) is 26.4 Å². The van der Waals surface area contributed by atoms with Gasteiger partial charge in [0.25, 0.3) is 0 Å². The lowest BCUT2D eigenvalue weighted by Crippen LogP contribution is -2.12. The summed E-state index contributed by atoms with van der Waals surface area (Å²) in [7, 11) is -4.36. The Hall–Kier alpha value is -0.210. The fourth-order valence-corrected chi connectivity index (χ4v) is 2.84. The highest BCUT2D eigenvalue weighted by Gasteiger charge is 2.02. The van der Waals surface area contributed by atoms with E-state index < -0.39 is 10.4 Å². The van der Waals surface area contributed by atoms with Crippen LogP contribution in [0.2, 0.25) is 0 Å². The second kappa shape index (κ2) is 18.6. The van der Waals surface area contributed by atoms with Crippen LogP contribution in [-0.4, -0.2) is 46.0 Å². The summed E-state index contributed by atoms with van der Waals surface area (Å²) in [6.45, 7) is 3.81. The standard InChI is InChI=1S/C18H38O6S/c1-2-3-4-5-6-7-8-9-10-11-12-13-14-22-15-16-23-17-18-24-25(19,20)21/h2-18H2,1H3,(H,19,20,21). The van der Waals surface area contributed by atoms with E-state index in [2.05, 4.69) is 11.1 Å². The Morgan fingerprint density at radius 3 is 1.48 bits per heavy atom. The zero-order chi connectivity index (χ0) is 18.6. The van der Waals surface area contributed by atoms with E-state index in [1.165, 1.54) is 70.6 Å². The number of unbranched alkanes of at least 4 members (excludes halogenated alkanes) is 11. The van der Waals surface area contributed by atoms with Gasteiger partial charge in [-0.3, -0.25) is 4.55 Å². The number of rotatable bonds is 20. The third-order valence-corrected chi connectivity index (χ3v) is 4.44. The van der Waals surface area contributed by atoms with Crippen molar-refractivity contribution < 1.29 is 26.6 Å². The molecule has 0 bridgehead atoms. The predicted octanol–water partition coefficient (Wildman–Crippen LogP) is 4.54. The van der Waals surface area contributed by atoms with Crippen molar-refractivity contribution in [1.29, 1.82) is 0 Å². The SMILES string of the molecule is CCCCCCCCCCCCCCOCCOCCOS(=O)(=O)O. The minimum absolute atomic E-state index is 0.113. The zero-order valence-corrected chi connectivity index (χ0v) is 16.7. The lowest BCUT2D eigenvalue weighted by molar-refractivity contribution is 0.0346. The molecule has 0 spiro atoms. The summed E-state index contributed by atoms with van der Waals surface area (Å²) in [6.07, 6.45) is 15.9. The first-order chi connectivity index (χ1) is 12.1. The van der Waals surface area contributed by atoms with E-state index in [1.807, 2.05) is 0 Å². The van der Waals surface area contributed by atoms with Gasteiger partial charge in [0.2, 0.25) is 0 Å². The van der Waals surface area contributed by atoms with Gasteiger partial charge in [0, 0.05) is 6.61 Å². The lowest BCUT2D eigenvalue weighted by atomic mass is 10.1. The van der Waals surface area contributed by atoms with E-state index in [0.717, 1.165) is 13.0 Å². The first kappa shape index (κ1) is 24.8. The Morgan fingerprint density at radius 2 is 1.00 bits per heavy atom. The maximum Gasteiger partial charge on any atom is 0.397 e. The molecule has 0 heterocycles. The summed E-state index contributed by atoms with van der Waals surface area (Å²) in [5.41, 5.74) is 0. The van der Waals surface area contributed by atoms with E-state index in [4.69, 9.17) is 14.0 Å². The average Bonchev–Trinajstić information content (AvgIpc) is 2.56. The molecule has 0 aliphatic rings. The van der Waals surface area contributed by atoms with Gasteiger partial charge >= 0.3 is 10.4 Å². The molecule has 6 nitrogen and oxygen atoms in total. The largest absolute Gasteiger partial charge is 0.397 e. The monoisotopic (exact) mass is 382 g/mol. The van der Waals surface area contributed by atoms with Crippen molar-refractivity contribution in [2.75, 3.05) is 33.0 Å². The summed E-state index contributed by atoms with van der Waals surface area (Å²) >= 11 is 0. The van der Waals surface area contributed by atoms with Gasteiger partial charge in [-0.15, -0.1) is 0 Å². The Kier molecular flexibility index (Phi) is 18.4. The number of hydrogen-bond donors (Lipinski definition) is 1. The van der Waals surface area contributed by atoms with E-state index in [-0.39, 0.29) is 13.2 Å². The number of hydrogen-bond acceptors (Lipinski definition) is 5. The molecule has 0 saturated heterocycles. The van der Waals surface area contributed by atoms with Crippen LogP contribution < -0.4 is 0 Å². The molecule has 1 N–H and O–H groups in total. The maximum atomic E-state index is 10.3. The van der Waals surface area contributed by atoms with Crippen molar-refractivity contribution in [3.05, 3.63) is 0 Å². The van der Waals surface area contributed by atoms with Crippen LogP contribution in [-0.2, 0) is 24.1 Å². The number of ether oxygens (including phenoxy) is 2. The van der Waals surface area contributed by atoms with Crippen LogP contribution in [0.4, 0.5) is 0 Å². The van der Waals surface area contributed by atoms with Gasteiger partial charge in [-0.1, -0.05) is 77.6 Å². The van der Waals surface area contributed by atoms with Crippen molar-refractivity contribution in [2.45, 2.75) is 84.0 Å². The van der Waals surface area contributed by atoms with E-state index in [1.54, 1.807) is 0 Å². The van der Waals surface area contributed by atoms with Crippen LogP contribution in [0.1, 0.15) is 84.0 Å². The molecule has 0 unspecified atom stereocenters. The highest BCUT2D eigenvalue weighted by atomic mass is 32.3. The van der Waals surface area contributed by atoms with E-state index in [0.29, 0.717) is 13.2 Å². The van der Waals surface area contributed by atoms with Gasteiger partial charge in [0.1, 0.15) is 0 Å². The highest BCUT2D eigenvalue weighted by molar-refractivity contribution is 7.80. The smallest absolute Gasteiger partial charge is 0.379 e. The summed E-state index contributed by atoms with van der Waals surface area (Å²) in [5, 5.41) is 0. The van der Waals surface area contributed by atoms with E-state index in [9.17, 15) is 8.42 Å².